The summed E-state index contributed by atoms with van der Waals surface area (Å²) in [6.07, 6.45) is 7.41. The minimum absolute atomic E-state index is 0.546. The van der Waals surface area contributed by atoms with Crippen molar-refractivity contribution in [1.82, 2.24) is 24.9 Å². The second-order valence-corrected chi connectivity index (χ2v) is 5.07. The molecule has 2 N–H and O–H groups in total. The third kappa shape index (κ3) is 2.89. The molecule has 4 heterocycles. The van der Waals surface area contributed by atoms with Crippen molar-refractivity contribution in [1.29, 1.82) is 0 Å². The maximum Gasteiger partial charge on any atom is 0.163 e. The first kappa shape index (κ1) is 13.4. The average molecular weight is 306 g/mol. The molecule has 4 rings (SSSR count). The zero-order valence-corrected chi connectivity index (χ0v) is 12.2. The Bertz CT molecular complexity index is 901. The minimum Gasteiger partial charge on any atom is -0.467 e. The number of rotatable bonds is 5. The van der Waals surface area contributed by atoms with E-state index >= 15 is 0 Å². The molecule has 0 unspecified atom stereocenters. The van der Waals surface area contributed by atoms with Crippen molar-refractivity contribution in [3.8, 4) is 0 Å². The average Bonchev–Trinajstić information content (AvgIpc) is 3.23. The van der Waals surface area contributed by atoms with Crippen molar-refractivity contribution in [2.45, 2.75) is 13.0 Å². The third-order valence-corrected chi connectivity index (χ3v) is 3.44. The van der Waals surface area contributed by atoms with Crippen LogP contribution in [0, 0.1) is 0 Å². The summed E-state index contributed by atoms with van der Waals surface area (Å²) < 4.78 is 5.31. The predicted molar refractivity (Wildman–Crippen MR) is 84.8 cm³/mol. The minimum atomic E-state index is 0.546. The topological polar surface area (TPSA) is 92.5 Å². The Morgan fingerprint density at radius 1 is 1.17 bits per heavy atom. The van der Waals surface area contributed by atoms with Crippen LogP contribution < -0.4 is 5.32 Å². The third-order valence-electron chi connectivity index (χ3n) is 3.44. The first-order valence-corrected chi connectivity index (χ1v) is 7.23. The van der Waals surface area contributed by atoms with Crippen molar-refractivity contribution in [3.05, 3.63) is 66.4 Å². The Labute approximate surface area is 131 Å². The van der Waals surface area contributed by atoms with Gasteiger partial charge in [-0.15, -0.1) is 0 Å². The highest BCUT2D eigenvalue weighted by molar-refractivity contribution is 5.82. The van der Waals surface area contributed by atoms with Crippen molar-refractivity contribution in [3.63, 3.8) is 0 Å². The normalized spacial score (nSPS) is 11.0. The Hall–Kier alpha value is -3.22. The Morgan fingerprint density at radius 3 is 3.00 bits per heavy atom. The van der Waals surface area contributed by atoms with Crippen LogP contribution in [0.5, 0.6) is 0 Å². The van der Waals surface area contributed by atoms with Crippen LogP contribution in [-0.4, -0.2) is 24.9 Å². The molecule has 0 fully saturated rings. The number of hydrogen-bond acceptors (Lipinski definition) is 6. The van der Waals surface area contributed by atoms with Crippen LogP contribution >= 0.6 is 0 Å². The van der Waals surface area contributed by atoms with E-state index in [0.29, 0.717) is 24.4 Å². The van der Waals surface area contributed by atoms with Gasteiger partial charge in [0.15, 0.2) is 17.0 Å². The number of H-pyrrole nitrogens is 1. The quantitative estimate of drug-likeness (QED) is 0.588. The largest absolute Gasteiger partial charge is 0.467 e. The van der Waals surface area contributed by atoms with Crippen molar-refractivity contribution in [2.24, 2.45) is 0 Å². The van der Waals surface area contributed by atoms with Gasteiger partial charge < -0.3 is 14.7 Å². The van der Waals surface area contributed by atoms with Crippen molar-refractivity contribution >= 4 is 17.0 Å². The fourth-order valence-corrected chi connectivity index (χ4v) is 2.37. The monoisotopic (exact) mass is 306 g/mol. The van der Waals surface area contributed by atoms with E-state index in [2.05, 4.69) is 30.2 Å². The molecule has 0 saturated carbocycles. The maximum atomic E-state index is 5.31. The van der Waals surface area contributed by atoms with Gasteiger partial charge in [-0.05, 0) is 23.8 Å². The fraction of sp³-hybridized carbons (Fsp3) is 0.125. The maximum absolute atomic E-state index is 5.31. The van der Waals surface area contributed by atoms with Crippen LogP contribution in [0.4, 0.5) is 5.82 Å². The number of nitrogens with zero attached hydrogens (tertiary/aromatic N) is 4. The lowest BCUT2D eigenvalue weighted by Gasteiger charge is -2.02. The molecule has 0 spiro atoms. The van der Waals surface area contributed by atoms with E-state index in [1.54, 1.807) is 12.5 Å². The summed E-state index contributed by atoms with van der Waals surface area (Å²) >= 11 is 0. The van der Waals surface area contributed by atoms with Crippen LogP contribution in [0.2, 0.25) is 0 Å². The highest BCUT2D eigenvalue weighted by Gasteiger charge is 2.10. The SMILES string of the molecule is c1cncc(Cc2nc3c(NCc4ccco4)ncnc3[nH]2)c1. The predicted octanol–water partition coefficient (Wildman–Crippen LogP) is 2.54. The zero-order chi connectivity index (χ0) is 15.5. The molecule has 0 aromatic carbocycles. The van der Waals surface area contributed by atoms with E-state index in [-0.39, 0.29) is 0 Å². The van der Waals surface area contributed by atoms with E-state index < -0.39 is 0 Å². The van der Waals surface area contributed by atoms with Crippen LogP contribution in [0.15, 0.2) is 53.7 Å². The molecule has 0 saturated heterocycles. The molecular weight excluding hydrogens is 292 g/mol. The second-order valence-electron chi connectivity index (χ2n) is 5.07. The number of furan rings is 1. The number of hydrogen-bond donors (Lipinski definition) is 2. The Kier molecular flexibility index (Phi) is 3.44. The molecule has 23 heavy (non-hydrogen) atoms. The Balaban J connectivity index is 1.59. The van der Waals surface area contributed by atoms with Gasteiger partial charge in [-0.2, -0.15) is 0 Å². The fourth-order valence-electron chi connectivity index (χ4n) is 2.37. The molecular formula is C16H14N6O. The van der Waals surface area contributed by atoms with E-state index in [4.69, 9.17) is 4.42 Å². The molecule has 0 aliphatic heterocycles. The highest BCUT2D eigenvalue weighted by Crippen LogP contribution is 2.18. The molecule has 4 aromatic heterocycles. The van der Waals surface area contributed by atoms with Gasteiger partial charge in [0.25, 0.3) is 0 Å². The summed E-state index contributed by atoms with van der Waals surface area (Å²) in [5, 5.41) is 3.23. The van der Waals surface area contributed by atoms with E-state index in [1.807, 2.05) is 30.5 Å². The number of imidazole rings is 1. The molecule has 0 aliphatic rings. The van der Waals surface area contributed by atoms with E-state index in [9.17, 15) is 0 Å². The summed E-state index contributed by atoms with van der Waals surface area (Å²) in [5.41, 5.74) is 2.52. The van der Waals surface area contributed by atoms with Gasteiger partial charge in [0.05, 0.1) is 12.8 Å². The number of nitrogens with one attached hydrogen (secondary N) is 2. The standard InChI is InChI=1S/C16H14N6O/c1-3-11(8-17-5-1)7-13-21-14-15(19-10-20-16(14)22-13)18-9-12-4-2-6-23-12/h1-6,8,10H,7,9H2,(H2,18,19,20,21,22). The van der Waals surface area contributed by atoms with Crippen LogP contribution in [0.25, 0.3) is 11.2 Å². The zero-order valence-electron chi connectivity index (χ0n) is 12.2. The van der Waals surface area contributed by atoms with Crippen LogP contribution in [0.3, 0.4) is 0 Å². The lowest BCUT2D eigenvalue weighted by Crippen LogP contribution is -2.01. The molecule has 0 aliphatic carbocycles. The number of anilines is 1. The molecule has 4 aromatic rings. The van der Waals surface area contributed by atoms with Gasteiger partial charge in [0.1, 0.15) is 17.9 Å². The molecule has 0 radical (unpaired) electrons. The van der Waals surface area contributed by atoms with Crippen LogP contribution in [-0.2, 0) is 13.0 Å². The molecule has 114 valence electrons. The molecule has 7 nitrogen and oxygen atoms in total. The van der Waals surface area contributed by atoms with E-state index in [0.717, 1.165) is 22.7 Å². The molecule has 7 heteroatoms. The van der Waals surface area contributed by atoms with Crippen LogP contribution in [0.1, 0.15) is 17.1 Å². The van der Waals surface area contributed by atoms with Crippen molar-refractivity contribution in [2.75, 3.05) is 5.32 Å². The van der Waals surface area contributed by atoms with Gasteiger partial charge in [-0.1, -0.05) is 6.07 Å². The first-order valence-electron chi connectivity index (χ1n) is 7.23. The summed E-state index contributed by atoms with van der Waals surface area (Å²) in [7, 11) is 0. The smallest absolute Gasteiger partial charge is 0.163 e. The highest BCUT2D eigenvalue weighted by atomic mass is 16.3. The molecule has 0 bridgehead atoms. The summed E-state index contributed by atoms with van der Waals surface area (Å²) in [5.74, 6) is 2.34. The number of aromatic amines is 1. The van der Waals surface area contributed by atoms with Gasteiger partial charge in [0.2, 0.25) is 0 Å². The number of pyridine rings is 1. The van der Waals surface area contributed by atoms with Gasteiger partial charge >= 0.3 is 0 Å². The number of fused-ring (bicyclic) bond motifs is 1. The summed E-state index contributed by atoms with van der Waals surface area (Å²) in [4.78, 5) is 20.5. The molecule has 0 amide bonds. The lowest BCUT2D eigenvalue weighted by atomic mass is 10.2. The van der Waals surface area contributed by atoms with Gasteiger partial charge in [-0.25, -0.2) is 15.0 Å². The van der Waals surface area contributed by atoms with Crippen molar-refractivity contribution < 1.29 is 4.42 Å². The molecule has 0 atom stereocenters. The number of aromatic nitrogens is 5. The second kappa shape index (κ2) is 5.88. The lowest BCUT2D eigenvalue weighted by molar-refractivity contribution is 0.518. The van der Waals surface area contributed by atoms with Gasteiger partial charge in [0, 0.05) is 18.8 Å². The summed E-state index contributed by atoms with van der Waals surface area (Å²) in [6, 6.07) is 7.69. The van der Waals surface area contributed by atoms with E-state index in [1.165, 1.54) is 6.33 Å². The Morgan fingerprint density at radius 2 is 2.17 bits per heavy atom. The van der Waals surface area contributed by atoms with Gasteiger partial charge in [-0.3, -0.25) is 4.98 Å². The first-order chi connectivity index (χ1) is 11.4. The summed E-state index contributed by atoms with van der Waals surface area (Å²) in [6.45, 7) is 0.546.